The smallest absolute Gasteiger partial charge is 0.194 e. The standard InChI is InChI=1S/C16H14Br2O2/c1-10(2)20-13-6-3-11(4-7-13)16(19)14-9-12(17)5-8-15(14)18/h3-10H,1-2H3. The number of carbonyl (C=O) groups excluding carboxylic acids is 1. The summed E-state index contributed by atoms with van der Waals surface area (Å²) in [5, 5.41) is 0. The summed E-state index contributed by atoms with van der Waals surface area (Å²) in [6.45, 7) is 3.94. The minimum atomic E-state index is -0.0192. The summed E-state index contributed by atoms with van der Waals surface area (Å²) >= 11 is 6.79. The van der Waals surface area contributed by atoms with Gasteiger partial charge >= 0.3 is 0 Å². The molecule has 0 unspecified atom stereocenters. The molecule has 2 nitrogen and oxygen atoms in total. The van der Waals surface area contributed by atoms with Gasteiger partial charge in [-0.3, -0.25) is 4.79 Å². The molecule has 0 radical (unpaired) electrons. The second kappa shape index (κ2) is 6.55. The predicted molar refractivity (Wildman–Crippen MR) is 87.5 cm³/mol. The van der Waals surface area contributed by atoms with Gasteiger partial charge in [0.15, 0.2) is 5.78 Å². The molecule has 0 aromatic heterocycles. The average Bonchev–Trinajstić information content (AvgIpc) is 2.41. The third-order valence-corrected chi connectivity index (χ3v) is 3.85. The fraction of sp³-hybridized carbons (Fsp3) is 0.188. The van der Waals surface area contributed by atoms with Crippen molar-refractivity contribution in [2.75, 3.05) is 0 Å². The Morgan fingerprint density at radius 3 is 2.30 bits per heavy atom. The van der Waals surface area contributed by atoms with E-state index in [1.165, 1.54) is 0 Å². The van der Waals surface area contributed by atoms with Crippen molar-refractivity contribution in [2.24, 2.45) is 0 Å². The summed E-state index contributed by atoms with van der Waals surface area (Å²) in [5.74, 6) is 0.749. The molecule has 0 aliphatic rings. The molecular weight excluding hydrogens is 384 g/mol. The number of carbonyl (C=O) groups is 1. The van der Waals surface area contributed by atoms with E-state index in [1.54, 1.807) is 12.1 Å². The highest BCUT2D eigenvalue weighted by Gasteiger charge is 2.13. The maximum atomic E-state index is 12.5. The zero-order valence-electron chi connectivity index (χ0n) is 11.2. The topological polar surface area (TPSA) is 26.3 Å². The third kappa shape index (κ3) is 3.70. The fourth-order valence-electron chi connectivity index (χ4n) is 1.78. The van der Waals surface area contributed by atoms with Crippen molar-refractivity contribution >= 4 is 37.6 Å². The highest BCUT2D eigenvalue weighted by Crippen LogP contribution is 2.25. The minimum Gasteiger partial charge on any atom is -0.491 e. The van der Waals surface area contributed by atoms with Gasteiger partial charge in [0.1, 0.15) is 5.75 Å². The summed E-state index contributed by atoms with van der Waals surface area (Å²) < 4.78 is 7.23. The van der Waals surface area contributed by atoms with Crippen LogP contribution in [0.15, 0.2) is 51.4 Å². The van der Waals surface area contributed by atoms with Gasteiger partial charge in [0.2, 0.25) is 0 Å². The van der Waals surface area contributed by atoms with Crippen LogP contribution in [0.2, 0.25) is 0 Å². The highest BCUT2D eigenvalue weighted by atomic mass is 79.9. The van der Waals surface area contributed by atoms with Crippen LogP contribution in [0.4, 0.5) is 0 Å². The van der Waals surface area contributed by atoms with E-state index in [9.17, 15) is 4.79 Å². The van der Waals surface area contributed by atoms with Crippen molar-refractivity contribution in [3.8, 4) is 5.75 Å². The lowest BCUT2D eigenvalue weighted by molar-refractivity contribution is 0.103. The molecule has 2 aromatic carbocycles. The number of halogens is 2. The molecule has 0 aliphatic heterocycles. The first-order valence-electron chi connectivity index (χ1n) is 6.24. The van der Waals surface area contributed by atoms with Gasteiger partial charge in [0, 0.05) is 20.1 Å². The van der Waals surface area contributed by atoms with E-state index >= 15 is 0 Å². The summed E-state index contributed by atoms with van der Waals surface area (Å²) in [7, 11) is 0. The lowest BCUT2D eigenvalue weighted by Crippen LogP contribution is -2.06. The third-order valence-electron chi connectivity index (χ3n) is 2.66. The predicted octanol–water partition coefficient (Wildman–Crippen LogP) is 5.23. The molecule has 0 spiro atoms. The largest absolute Gasteiger partial charge is 0.491 e. The molecule has 0 atom stereocenters. The quantitative estimate of drug-likeness (QED) is 0.660. The monoisotopic (exact) mass is 396 g/mol. The maximum absolute atomic E-state index is 12.5. The molecule has 2 aromatic rings. The first kappa shape index (κ1) is 15.3. The molecule has 0 fully saturated rings. The van der Waals surface area contributed by atoms with E-state index in [0.29, 0.717) is 11.1 Å². The second-order valence-corrected chi connectivity index (χ2v) is 6.41. The highest BCUT2D eigenvalue weighted by molar-refractivity contribution is 9.11. The molecule has 2 rings (SSSR count). The van der Waals surface area contributed by atoms with Crippen LogP contribution in [-0.2, 0) is 0 Å². The molecular formula is C16H14Br2O2. The first-order chi connectivity index (χ1) is 9.47. The van der Waals surface area contributed by atoms with Crippen LogP contribution in [0.1, 0.15) is 29.8 Å². The fourth-order valence-corrected chi connectivity index (χ4v) is 2.57. The molecule has 4 heteroatoms. The SMILES string of the molecule is CC(C)Oc1ccc(C(=O)c2cc(Br)ccc2Br)cc1. The zero-order chi connectivity index (χ0) is 14.7. The Labute approximate surface area is 135 Å². The van der Waals surface area contributed by atoms with Crippen molar-refractivity contribution in [2.45, 2.75) is 20.0 Å². The van der Waals surface area contributed by atoms with Gasteiger partial charge in [-0.25, -0.2) is 0 Å². The Morgan fingerprint density at radius 2 is 1.70 bits per heavy atom. The van der Waals surface area contributed by atoms with E-state index < -0.39 is 0 Å². The number of hydrogen-bond donors (Lipinski definition) is 0. The van der Waals surface area contributed by atoms with Crippen molar-refractivity contribution < 1.29 is 9.53 Å². The summed E-state index contributed by atoms with van der Waals surface area (Å²) in [4.78, 5) is 12.5. The van der Waals surface area contributed by atoms with Crippen molar-refractivity contribution in [1.29, 1.82) is 0 Å². The summed E-state index contributed by atoms with van der Waals surface area (Å²) in [6.07, 6.45) is 0.121. The lowest BCUT2D eigenvalue weighted by atomic mass is 10.0. The van der Waals surface area contributed by atoms with E-state index in [1.807, 2.05) is 44.2 Å². The molecule has 0 bridgehead atoms. The normalized spacial score (nSPS) is 10.7. The van der Waals surface area contributed by atoms with Crippen LogP contribution in [0.3, 0.4) is 0 Å². The number of benzene rings is 2. The first-order valence-corrected chi connectivity index (χ1v) is 7.82. The van der Waals surface area contributed by atoms with E-state index in [-0.39, 0.29) is 11.9 Å². The molecule has 0 saturated carbocycles. The van der Waals surface area contributed by atoms with E-state index in [4.69, 9.17) is 4.74 Å². The molecule has 0 amide bonds. The Balaban J connectivity index is 2.27. The Bertz CT molecular complexity index is 619. The number of hydrogen-bond acceptors (Lipinski definition) is 2. The Hall–Kier alpha value is -1.13. The van der Waals surface area contributed by atoms with Crippen molar-refractivity contribution in [3.63, 3.8) is 0 Å². The van der Waals surface area contributed by atoms with Crippen LogP contribution in [-0.4, -0.2) is 11.9 Å². The van der Waals surface area contributed by atoms with Gasteiger partial charge in [-0.05, 0) is 56.3 Å². The summed E-state index contributed by atoms with van der Waals surface area (Å²) in [5.41, 5.74) is 1.27. The van der Waals surface area contributed by atoms with Gasteiger partial charge < -0.3 is 4.74 Å². The van der Waals surface area contributed by atoms with Gasteiger partial charge in [0.05, 0.1) is 6.10 Å². The molecule has 20 heavy (non-hydrogen) atoms. The molecule has 0 N–H and O–H groups in total. The van der Waals surface area contributed by atoms with Gasteiger partial charge in [-0.15, -0.1) is 0 Å². The Morgan fingerprint density at radius 1 is 1.05 bits per heavy atom. The van der Waals surface area contributed by atoms with Crippen molar-refractivity contribution in [3.05, 3.63) is 62.5 Å². The number of rotatable bonds is 4. The van der Waals surface area contributed by atoms with Crippen LogP contribution in [0.25, 0.3) is 0 Å². The average molecular weight is 398 g/mol. The van der Waals surface area contributed by atoms with E-state index in [0.717, 1.165) is 14.7 Å². The van der Waals surface area contributed by atoms with Crippen molar-refractivity contribution in [1.82, 2.24) is 0 Å². The van der Waals surface area contributed by atoms with Crippen LogP contribution in [0.5, 0.6) is 5.75 Å². The van der Waals surface area contributed by atoms with Gasteiger partial charge in [-0.1, -0.05) is 31.9 Å². The van der Waals surface area contributed by atoms with Gasteiger partial charge in [-0.2, -0.15) is 0 Å². The van der Waals surface area contributed by atoms with E-state index in [2.05, 4.69) is 31.9 Å². The zero-order valence-corrected chi connectivity index (χ0v) is 14.4. The molecule has 0 saturated heterocycles. The van der Waals surface area contributed by atoms with Crippen LogP contribution in [0, 0.1) is 0 Å². The second-order valence-electron chi connectivity index (χ2n) is 4.64. The maximum Gasteiger partial charge on any atom is 0.194 e. The molecule has 0 aliphatic carbocycles. The molecule has 104 valence electrons. The number of ketones is 1. The van der Waals surface area contributed by atoms with Crippen LogP contribution < -0.4 is 4.74 Å². The van der Waals surface area contributed by atoms with Gasteiger partial charge in [0.25, 0.3) is 0 Å². The lowest BCUT2D eigenvalue weighted by Gasteiger charge is -2.10. The minimum absolute atomic E-state index is 0.0192. The van der Waals surface area contributed by atoms with Crippen LogP contribution >= 0.6 is 31.9 Å². The summed E-state index contributed by atoms with van der Waals surface area (Å²) in [6, 6.07) is 12.8. The Kier molecular flexibility index (Phi) is 5.00. The molecule has 0 heterocycles. The number of ether oxygens (including phenoxy) is 1.